The maximum atomic E-state index is 12.6. The zero-order valence-corrected chi connectivity index (χ0v) is 14.0. The Kier molecular flexibility index (Phi) is 4.57. The van der Waals surface area contributed by atoms with Crippen molar-refractivity contribution in [2.75, 3.05) is 13.2 Å². The van der Waals surface area contributed by atoms with Crippen LogP contribution in [-0.2, 0) is 19.1 Å². The van der Waals surface area contributed by atoms with E-state index in [4.69, 9.17) is 9.47 Å². The molecular weight excluding hydrogens is 326 g/mol. The summed E-state index contributed by atoms with van der Waals surface area (Å²) in [4.78, 5) is 36.1. The van der Waals surface area contributed by atoms with E-state index in [2.05, 4.69) is 0 Å². The second-order valence-corrected chi connectivity index (χ2v) is 6.03. The van der Waals surface area contributed by atoms with Crippen LogP contribution in [0.4, 0.5) is 5.69 Å². The molecule has 7 heteroatoms. The third-order valence-electron chi connectivity index (χ3n) is 4.81. The van der Waals surface area contributed by atoms with Crippen molar-refractivity contribution in [1.82, 2.24) is 0 Å². The van der Waals surface area contributed by atoms with Crippen molar-refractivity contribution in [1.29, 1.82) is 0 Å². The van der Waals surface area contributed by atoms with E-state index in [0.717, 1.165) is 0 Å². The number of carbonyl (C=O) groups excluding carboxylic acids is 2. The lowest BCUT2D eigenvalue weighted by Crippen LogP contribution is -2.45. The molecule has 0 N–H and O–H groups in total. The van der Waals surface area contributed by atoms with Gasteiger partial charge < -0.3 is 9.47 Å². The summed E-state index contributed by atoms with van der Waals surface area (Å²) >= 11 is 0. The maximum absolute atomic E-state index is 12.6. The number of esters is 2. The highest BCUT2D eigenvalue weighted by molar-refractivity contribution is 5.87. The Morgan fingerprint density at radius 2 is 1.60 bits per heavy atom. The molecule has 0 aliphatic heterocycles. The average Bonchev–Trinajstić information content (AvgIpc) is 2.61. The molecule has 0 radical (unpaired) electrons. The van der Waals surface area contributed by atoms with E-state index < -0.39 is 40.5 Å². The van der Waals surface area contributed by atoms with Gasteiger partial charge in [0.05, 0.1) is 30.0 Å². The first-order valence-electron chi connectivity index (χ1n) is 8.30. The zero-order chi connectivity index (χ0) is 18.1. The van der Waals surface area contributed by atoms with Crippen molar-refractivity contribution in [2.45, 2.75) is 25.7 Å². The van der Waals surface area contributed by atoms with Crippen LogP contribution in [0, 0.1) is 22.0 Å². The average molecular weight is 345 g/mol. The normalized spacial score (nSPS) is 26.0. The maximum Gasteiger partial charge on any atom is 0.310 e. The van der Waals surface area contributed by atoms with Crippen LogP contribution in [0.25, 0.3) is 0 Å². The number of rotatable bonds is 5. The highest BCUT2D eigenvalue weighted by atomic mass is 16.6. The van der Waals surface area contributed by atoms with E-state index in [-0.39, 0.29) is 18.9 Å². The SMILES string of the molecule is CCOC(=O)[C@@H]1[C@@H](C(=O)OCC)[C@@H]2C=C[C@@H]1c1cccc([N+](=O)[O-])c12. The first-order chi connectivity index (χ1) is 12.0. The number of nitrogens with zero attached hydrogens (tertiary/aromatic N) is 1. The van der Waals surface area contributed by atoms with E-state index in [1.807, 2.05) is 6.08 Å². The molecule has 1 aromatic carbocycles. The fourth-order valence-electron chi connectivity index (χ4n) is 3.95. The van der Waals surface area contributed by atoms with Gasteiger partial charge in [0, 0.05) is 23.5 Å². The standard InChI is InChI=1S/C18H19NO6/c1-3-24-17(20)15-11-8-9-12(16(15)18(21)25-4-2)14-10(11)6-5-7-13(14)19(22)23/h5-9,11-12,15-16H,3-4H2,1-2H3/t11-,12-,15+,16+/m1/s1. The van der Waals surface area contributed by atoms with E-state index in [9.17, 15) is 19.7 Å². The molecule has 0 saturated carbocycles. The van der Waals surface area contributed by atoms with Gasteiger partial charge in [0.25, 0.3) is 5.69 Å². The lowest BCUT2D eigenvalue weighted by Gasteiger charge is -2.43. The molecule has 0 saturated heterocycles. The fourth-order valence-corrected chi connectivity index (χ4v) is 3.95. The Balaban J connectivity index is 2.15. The molecule has 0 aromatic heterocycles. The number of hydrogen-bond donors (Lipinski definition) is 0. The van der Waals surface area contributed by atoms with Crippen molar-refractivity contribution in [3.05, 3.63) is 51.6 Å². The molecule has 132 valence electrons. The summed E-state index contributed by atoms with van der Waals surface area (Å²) in [6.45, 7) is 3.76. The molecule has 3 aliphatic rings. The highest BCUT2D eigenvalue weighted by Gasteiger charge is 2.54. The van der Waals surface area contributed by atoms with Gasteiger partial charge in [-0.1, -0.05) is 24.3 Å². The molecule has 0 amide bonds. The lowest BCUT2D eigenvalue weighted by molar-refractivity contribution is -0.385. The first-order valence-corrected chi connectivity index (χ1v) is 8.30. The molecule has 1 aromatic rings. The van der Waals surface area contributed by atoms with Crippen LogP contribution in [0.5, 0.6) is 0 Å². The van der Waals surface area contributed by atoms with E-state index in [0.29, 0.717) is 11.1 Å². The summed E-state index contributed by atoms with van der Waals surface area (Å²) in [6, 6.07) is 4.80. The van der Waals surface area contributed by atoms with E-state index in [1.165, 1.54) is 6.07 Å². The molecule has 0 heterocycles. The summed E-state index contributed by atoms with van der Waals surface area (Å²) in [5.74, 6) is -3.56. The molecule has 4 rings (SSSR count). The van der Waals surface area contributed by atoms with Gasteiger partial charge >= 0.3 is 11.9 Å². The van der Waals surface area contributed by atoms with Crippen molar-refractivity contribution < 1.29 is 24.0 Å². The quantitative estimate of drug-likeness (QED) is 0.352. The third kappa shape index (κ3) is 2.69. The summed E-state index contributed by atoms with van der Waals surface area (Å²) in [5.41, 5.74) is 1.17. The largest absolute Gasteiger partial charge is 0.466 e. The topological polar surface area (TPSA) is 95.7 Å². The number of hydrogen-bond acceptors (Lipinski definition) is 6. The van der Waals surface area contributed by atoms with Gasteiger partial charge in [0.2, 0.25) is 0 Å². The molecular formula is C18H19NO6. The lowest BCUT2D eigenvalue weighted by atomic mass is 9.59. The number of nitro benzene ring substituents is 1. The minimum absolute atomic E-state index is 0.0338. The minimum atomic E-state index is -0.817. The number of nitro groups is 1. The molecule has 0 spiro atoms. The monoisotopic (exact) mass is 345 g/mol. The number of fused-ring (bicyclic) bond motifs is 1. The zero-order valence-electron chi connectivity index (χ0n) is 14.0. The van der Waals surface area contributed by atoms with Gasteiger partial charge in [-0.2, -0.15) is 0 Å². The van der Waals surface area contributed by atoms with Crippen molar-refractivity contribution >= 4 is 17.6 Å². The molecule has 0 fully saturated rings. The number of ether oxygens (including phenoxy) is 2. The second-order valence-electron chi connectivity index (χ2n) is 6.03. The third-order valence-corrected chi connectivity index (χ3v) is 4.81. The van der Waals surface area contributed by atoms with Gasteiger partial charge in [0.1, 0.15) is 0 Å². The summed E-state index contributed by atoms with van der Waals surface area (Å²) in [6.07, 6.45) is 3.62. The number of benzene rings is 1. The molecule has 2 bridgehead atoms. The van der Waals surface area contributed by atoms with Gasteiger partial charge in [-0.05, 0) is 19.4 Å². The van der Waals surface area contributed by atoms with Crippen LogP contribution in [-0.4, -0.2) is 30.1 Å². The van der Waals surface area contributed by atoms with Gasteiger partial charge in [-0.15, -0.1) is 0 Å². The van der Waals surface area contributed by atoms with Crippen molar-refractivity contribution in [2.24, 2.45) is 11.8 Å². The summed E-state index contributed by atoms with van der Waals surface area (Å²) in [5, 5.41) is 11.4. The summed E-state index contributed by atoms with van der Waals surface area (Å²) < 4.78 is 10.3. The van der Waals surface area contributed by atoms with Crippen LogP contribution < -0.4 is 0 Å². The smallest absolute Gasteiger partial charge is 0.310 e. The van der Waals surface area contributed by atoms with E-state index in [1.54, 1.807) is 32.1 Å². The molecule has 3 aliphatic carbocycles. The van der Waals surface area contributed by atoms with Gasteiger partial charge in [-0.25, -0.2) is 0 Å². The Bertz CT molecular complexity index is 756. The molecule has 7 nitrogen and oxygen atoms in total. The Hall–Kier alpha value is -2.70. The minimum Gasteiger partial charge on any atom is -0.466 e. The van der Waals surface area contributed by atoms with E-state index >= 15 is 0 Å². The highest BCUT2D eigenvalue weighted by Crippen LogP contribution is 2.55. The predicted octanol–water partition coefficient (Wildman–Crippen LogP) is 2.70. The Morgan fingerprint density at radius 3 is 2.16 bits per heavy atom. The summed E-state index contributed by atoms with van der Waals surface area (Å²) in [7, 11) is 0. The number of allylic oxidation sites excluding steroid dienone is 2. The number of carbonyl (C=O) groups is 2. The van der Waals surface area contributed by atoms with Crippen LogP contribution in [0.1, 0.15) is 36.8 Å². The van der Waals surface area contributed by atoms with Crippen LogP contribution >= 0.6 is 0 Å². The second kappa shape index (κ2) is 6.66. The predicted molar refractivity (Wildman–Crippen MR) is 88.0 cm³/mol. The molecule has 0 unspecified atom stereocenters. The molecule has 4 atom stereocenters. The van der Waals surface area contributed by atoms with Crippen LogP contribution in [0.3, 0.4) is 0 Å². The van der Waals surface area contributed by atoms with Gasteiger partial charge in [-0.3, -0.25) is 19.7 Å². The van der Waals surface area contributed by atoms with Crippen molar-refractivity contribution in [3.8, 4) is 0 Å². The first kappa shape index (κ1) is 17.1. The Labute approximate surface area is 144 Å². The van der Waals surface area contributed by atoms with Crippen molar-refractivity contribution in [3.63, 3.8) is 0 Å². The van der Waals surface area contributed by atoms with Crippen LogP contribution in [0.15, 0.2) is 30.4 Å². The fraction of sp³-hybridized carbons (Fsp3) is 0.444. The van der Waals surface area contributed by atoms with Gasteiger partial charge in [0.15, 0.2) is 0 Å². The Morgan fingerprint density at radius 1 is 1.04 bits per heavy atom. The van der Waals surface area contributed by atoms with Crippen LogP contribution in [0.2, 0.25) is 0 Å². The molecule has 25 heavy (non-hydrogen) atoms.